The van der Waals surface area contributed by atoms with Gasteiger partial charge in [0.1, 0.15) is 13.0 Å². The molecule has 0 aliphatic rings. The Balaban J connectivity index is 2.86. The molecule has 1 aromatic carbocycles. The van der Waals surface area contributed by atoms with Gasteiger partial charge in [-0.3, -0.25) is 0 Å². The highest BCUT2D eigenvalue weighted by atomic mass is 35.5. The van der Waals surface area contributed by atoms with Crippen molar-refractivity contribution in [2.45, 2.75) is 5.92 Å². The van der Waals surface area contributed by atoms with Crippen LogP contribution in [0.1, 0.15) is 11.5 Å². The number of hydrogen-bond acceptors (Lipinski definition) is 3. The first-order valence-corrected chi connectivity index (χ1v) is 4.37. The van der Waals surface area contributed by atoms with E-state index in [0.717, 1.165) is 5.56 Å². The lowest BCUT2D eigenvalue weighted by Gasteiger charge is -2.02. The van der Waals surface area contributed by atoms with Crippen LogP contribution in [0.25, 0.3) is 0 Å². The number of nitriles is 1. The fourth-order valence-corrected chi connectivity index (χ4v) is 1.11. The van der Waals surface area contributed by atoms with Crippen molar-refractivity contribution in [2.24, 2.45) is 5.16 Å². The van der Waals surface area contributed by atoms with Gasteiger partial charge in [-0.2, -0.15) is 5.26 Å². The van der Waals surface area contributed by atoms with E-state index in [1.54, 1.807) is 24.3 Å². The Morgan fingerprint density at radius 3 is 2.64 bits per heavy atom. The molecule has 0 heterocycles. The number of rotatable bonds is 3. The summed E-state index contributed by atoms with van der Waals surface area (Å²) in [6.45, 7) is 0. The predicted octanol–water partition coefficient (Wildman–Crippen LogP) is 2.58. The maximum absolute atomic E-state index is 8.85. The molecule has 0 bridgehead atoms. The Hall–Kier alpha value is -1.53. The zero-order chi connectivity index (χ0) is 10.4. The second-order valence-corrected chi connectivity index (χ2v) is 3.03. The average molecular weight is 209 g/mol. The highest BCUT2D eigenvalue weighted by Crippen LogP contribution is 2.16. The Kier molecular flexibility index (Phi) is 3.96. The molecule has 4 heteroatoms. The summed E-state index contributed by atoms with van der Waals surface area (Å²) in [4.78, 5) is 4.51. The third kappa shape index (κ3) is 2.75. The van der Waals surface area contributed by atoms with Gasteiger partial charge in [0, 0.05) is 5.02 Å². The van der Waals surface area contributed by atoms with Crippen LogP contribution in [0, 0.1) is 11.3 Å². The standard InChI is InChI=1S/C10H9ClN2O/c1-14-13-7-9(6-12)8-2-4-10(11)5-3-8/h2-5,7,9H,1H3/b13-7-/t9-/m1/s1. The van der Waals surface area contributed by atoms with E-state index in [1.165, 1.54) is 13.3 Å². The van der Waals surface area contributed by atoms with Crippen LogP contribution in [-0.2, 0) is 4.84 Å². The zero-order valence-electron chi connectivity index (χ0n) is 7.64. The largest absolute Gasteiger partial charge is 0.399 e. The first kappa shape index (κ1) is 10.6. The molecule has 0 amide bonds. The molecule has 0 unspecified atom stereocenters. The Morgan fingerprint density at radius 2 is 2.14 bits per heavy atom. The number of benzene rings is 1. The summed E-state index contributed by atoms with van der Waals surface area (Å²) in [7, 11) is 1.44. The molecule has 1 rings (SSSR count). The van der Waals surface area contributed by atoms with E-state index < -0.39 is 5.92 Å². The summed E-state index contributed by atoms with van der Waals surface area (Å²) in [6, 6.07) is 9.16. The van der Waals surface area contributed by atoms with Crippen LogP contribution in [0.3, 0.4) is 0 Å². The van der Waals surface area contributed by atoms with Crippen LogP contribution in [0.4, 0.5) is 0 Å². The second kappa shape index (κ2) is 5.25. The normalized spacial score (nSPS) is 12.4. The lowest BCUT2D eigenvalue weighted by atomic mass is 10.0. The van der Waals surface area contributed by atoms with E-state index >= 15 is 0 Å². The highest BCUT2D eigenvalue weighted by molar-refractivity contribution is 6.30. The smallest absolute Gasteiger partial charge is 0.110 e. The van der Waals surface area contributed by atoms with Crippen molar-refractivity contribution in [1.82, 2.24) is 0 Å². The van der Waals surface area contributed by atoms with Gasteiger partial charge < -0.3 is 4.84 Å². The van der Waals surface area contributed by atoms with Crippen LogP contribution in [0.2, 0.25) is 5.02 Å². The van der Waals surface area contributed by atoms with Crippen LogP contribution in [0.15, 0.2) is 29.4 Å². The van der Waals surface area contributed by atoms with E-state index in [2.05, 4.69) is 16.1 Å². The molecule has 0 spiro atoms. The van der Waals surface area contributed by atoms with Crippen molar-refractivity contribution >= 4 is 17.8 Å². The molecule has 3 nitrogen and oxygen atoms in total. The lowest BCUT2D eigenvalue weighted by molar-refractivity contribution is 0.214. The summed E-state index contributed by atoms with van der Waals surface area (Å²) in [6.07, 6.45) is 1.45. The minimum atomic E-state index is -0.396. The fourth-order valence-electron chi connectivity index (χ4n) is 0.986. The molecule has 0 radical (unpaired) electrons. The molecule has 1 atom stereocenters. The summed E-state index contributed by atoms with van der Waals surface area (Å²) >= 11 is 5.72. The quantitative estimate of drug-likeness (QED) is 0.566. The Labute approximate surface area is 87.5 Å². The zero-order valence-corrected chi connectivity index (χ0v) is 8.40. The van der Waals surface area contributed by atoms with Crippen molar-refractivity contribution in [3.63, 3.8) is 0 Å². The molecular weight excluding hydrogens is 200 g/mol. The highest BCUT2D eigenvalue weighted by Gasteiger charge is 2.06. The maximum atomic E-state index is 8.85. The van der Waals surface area contributed by atoms with Crippen LogP contribution < -0.4 is 0 Å². The average Bonchev–Trinajstić information content (AvgIpc) is 2.21. The molecule has 14 heavy (non-hydrogen) atoms. The third-order valence-electron chi connectivity index (χ3n) is 1.68. The number of nitrogens with zero attached hydrogens (tertiary/aromatic N) is 2. The van der Waals surface area contributed by atoms with E-state index in [4.69, 9.17) is 16.9 Å². The molecule has 0 fully saturated rings. The van der Waals surface area contributed by atoms with Crippen molar-refractivity contribution in [2.75, 3.05) is 7.11 Å². The van der Waals surface area contributed by atoms with Gasteiger partial charge in [0.2, 0.25) is 0 Å². The van der Waals surface area contributed by atoms with Gasteiger partial charge in [-0.05, 0) is 17.7 Å². The number of halogens is 1. The molecule has 0 saturated heterocycles. The molecule has 0 aromatic heterocycles. The van der Waals surface area contributed by atoms with Crippen LogP contribution in [0.5, 0.6) is 0 Å². The molecule has 72 valence electrons. The molecule has 1 aromatic rings. The topological polar surface area (TPSA) is 45.4 Å². The maximum Gasteiger partial charge on any atom is 0.110 e. The van der Waals surface area contributed by atoms with Gasteiger partial charge in [-0.25, -0.2) is 0 Å². The van der Waals surface area contributed by atoms with Gasteiger partial charge in [0.25, 0.3) is 0 Å². The Bertz CT molecular complexity index is 353. The molecule has 0 aliphatic heterocycles. The fraction of sp³-hybridized carbons (Fsp3) is 0.200. The van der Waals surface area contributed by atoms with Gasteiger partial charge in [0.15, 0.2) is 0 Å². The summed E-state index contributed by atoms with van der Waals surface area (Å²) < 4.78 is 0. The van der Waals surface area contributed by atoms with Crippen molar-refractivity contribution in [1.29, 1.82) is 5.26 Å². The predicted molar refractivity (Wildman–Crippen MR) is 55.3 cm³/mol. The third-order valence-corrected chi connectivity index (χ3v) is 1.94. The lowest BCUT2D eigenvalue weighted by Crippen LogP contribution is -1.96. The van der Waals surface area contributed by atoms with Gasteiger partial charge in [0.05, 0.1) is 12.3 Å². The van der Waals surface area contributed by atoms with Crippen molar-refractivity contribution in [3.05, 3.63) is 34.9 Å². The molecular formula is C10H9ClN2O. The first-order chi connectivity index (χ1) is 6.77. The van der Waals surface area contributed by atoms with Crippen molar-refractivity contribution < 1.29 is 4.84 Å². The molecule has 0 saturated carbocycles. The monoisotopic (exact) mass is 208 g/mol. The summed E-state index contributed by atoms with van der Waals surface area (Å²) in [5.74, 6) is -0.396. The molecule has 0 aliphatic carbocycles. The molecule has 0 N–H and O–H groups in total. The van der Waals surface area contributed by atoms with Crippen molar-refractivity contribution in [3.8, 4) is 6.07 Å². The van der Waals surface area contributed by atoms with Gasteiger partial charge in [-0.1, -0.05) is 28.9 Å². The SMILES string of the molecule is CO/N=C\[C@@H](C#N)c1ccc(Cl)cc1. The number of oxime groups is 1. The van der Waals surface area contributed by atoms with Crippen LogP contribution >= 0.6 is 11.6 Å². The summed E-state index contributed by atoms with van der Waals surface area (Å²) in [5, 5.41) is 13.1. The van der Waals surface area contributed by atoms with E-state index in [-0.39, 0.29) is 0 Å². The van der Waals surface area contributed by atoms with Crippen LogP contribution in [-0.4, -0.2) is 13.3 Å². The van der Waals surface area contributed by atoms with Gasteiger partial charge >= 0.3 is 0 Å². The Morgan fingerprint density at radius 1 is 1.50 bits per heavy atom. The van der Waals surface area contributed by atoms with E-state index in [9.17, 15) is 0 Å². The van der Waals surface area contributed by atoms with E-state index in [1.807, 2.05) is 0 Å². The number of hydrogen-bond donors (Lipinski definition) is 0. The summed E-state index contributed by atoms with van der Waals surface area (Å²) in [5.41, 5.74) is 0.845. The minimum Gasteiger partial charge on any atom is -0.399 e. The minimum absolute atomic E-state index is 0.396. The van der Waals surface area contributed by atoms with E-state index in [0.29, 0.717) is 5.02 Å². The second-order valence-electron chi connectivity index (χ2n) is 2.60. The van der Waals surface area contributed by atoms with Gasteiger partial charge in [-0.15, -0.1) is 0 Å². The first-order valence-electron chi connectivity index (χ1n) is 3.99.